The lowest BCUT2D eigenvalue weighted by molar-refractivity contribution is 0.0281. The summed E-state index contributed by atoms with van der Waals surface area (Å²) in [5, 5.41) is 1.17. The average Bonchev–Trinajstić information content (AvgIpc) is 2.34. The molecule has 0 amide bonds. The summed E-state index contributed by atoms with van der Waals surface area (Å²) in [6.07, 6.45) is 2.60. The minimum Gasteiger partial charge on any atom is -0.380 e. The molecule has 1 unspecified atom stereocenters. The van der Waals surface area contributed by atoms with Gasteiger partial charge < -0.3 is 4.74 Å². The molecule has 2 heterocycles. The van der Waals surface area contributed by atoms with Gasteiger partial charge in [0, 0.05) is 20.2 Å². The molecule has 5 heteroatoms. The number of methoxy groups -OCH3 is 1. The molecule has 1 fully saturated rings. The Bertz CT molecular complexity index is 387. The topological polar surface area (TPSA) is 25.4 Å². The normalized spacial score (nSPS) is 21.7. The SMILES string of the molecule is COC1CCCN(Cc2nc(Cl)ccc2Cl)C1. The lowest BCUT2D eigenvalue weighted by Gasteiger charge is -2.31. The molecule has 1 saturated heterocycles. The van der Waals surface area contributed by atoms with Crippen molar-refractivity contribution in [3.8, 4) is 0 Å². The van der Waals surface area contributed by atoms with E-state index in [9.17, 15) is 0 Å². The minimum absolute atomic E-state index is 0.321. The molecule has 0 radical (unpaired) electrons. The third-order valence-electron chi connectivity index (χ3n) is 3.05. The van der Waals surface area contributed by atoms with Gasteiger partial charge in [0.1, 0.15) is 5.15 Å². The Balaban J connectivity index is 2.02. The Morgan fingerprint density at radius 2 is 2.29 bits per heavy atom. The molecule has 1 aromatic rings. The molecule has 3 nitrogen and oxygen atoms in total. The van der Waals surface area contributed by atoms with Gasteiger partial charge in [-0.05, 0) is 31.5 Å². The van der Waals surface area contributed by atoms with Gasteiger partial charge in [0.25, 0.3) is 0 Å². The summed E-state index contributed by atoms with van der Waals surface area (Å²) in [5.74, 6) is 0. The number of rotatable bonds is 3. The Morgan fingerprint density at radius 1 is 1.47 bits per heavy atom. The van der Waals surface area contributed by atoms with Crippen molar-refractivity contribution < 1.29 is 4.74 Å². The van der Waals surface area contributed by atoms with E-state index in [1.54, 1.807) is 19.2 Å². The van der Waals surface area contributed by atoms with E-state index < -0.39 is 0 Å². The Morgan fingerprint density at radius 3 is 3.06 bits per heavy atom. The van der Waals surface area contributed by atoms with Gasteiger partial charge in [0.05, 0.1) is 16.8 Å². The summed E-state index contributed by atoms with van der Waals surface area (Å²) in [4.78, 5) is 6.58. The molecule has 2 rings (SSSR count). The van der Waals surface area contributed by atoms with Crippen LogP contribution in [0.1, 0.15) is 18.5 Å². The standard InChI is InChI=1S/C12H16Cl2N2O/c1-17-9-3-2-6-16(7-9)8-11-10(13)4-5-12(14)15-11/h4-5,9H,2-3,6-8H2,1H3. The first-order chi connectivity index (χ1) is 8.19. The summed E-state index contributed by atoms with van der Waals surface area (Å²) >= 11 is 12.0. The number of likely N-dealkylation sites (tertiary alicyclic amines) is 1. The summed E-state index contributed by atoms with van der Waals surface area (Å²) in [7, 11) is 1.76. The van der Waals surface area contributed by atoms with Crippen molar-refractivity contribution >= 4 is 23.2 Å². The second-order valence-corrected chi connectivity index (χ2v) is 5.09. The van der Waals surface area contributed by atoms with Crippen LogP contribution in [0, 0.1) is 0 Å². The first-order valence-corrected chi connectivity index (χ1v) is 6.50. The third-order valence-corrected chi connectivity index (χ3v) is 3.61. The van der Waals surface area contributed by atoms with Crippen LogP contribution in [0.5, 0.6) is 0 Å². The molecular weight excluding hydrogens is 259 g/mol. The summed E-state index contributed by atoms with van der Waals surface area (Å²) in [6.45, 7) is 2.73. The molecule has 1 aromatic heterocycles. The summed E-state index contributed by atoms with van der Waals surface area (Å²) < 4.78 is 5.39. The first-order valence-electron chi connectivity index (χ1n) is 5.75. The molecule has 1 atom stereocenters. The van der Waals surface area contributed by atoms with E-state index in [1.807, 2.05) is 0 Å². The maximum Gasteiger partial charge on any atom is 0.129 e. The highest BCUT2D eigenvalue weighted by Crippen LogP contribution is 2.21. The maximum absolute atomic E-state index is 6.11. The summed E-state index contributed by atoms with van der Waals surface area (Å²) in [5.41, 5.74) is 0.843. The average molecular weight is 275 g/mol. The van der Waals surface area contributed by atoms with Gasteiger partial charge in [-0.25, -0.2) is 4.98 Å². The number of hydrogen-bond acceptors (Lipinski definition) is 3. The fraction of sp³-hybridized carbons (Fsp3) is 0.583. The van der Waals surface area contributed by atoms with Crippen molar-refractivity contribution in [1.29, 1.82) is 0 Å². The van der Waals surface area contributed by atoms with Gasteiger partial charge in [-0.15, -0.1) is 0 Å². The van der Waals surface area contributed by atoms with Crippen LogP contribution in [0.3, 0.4) is 0 Å². The first kappa shape index (κ1) is 13.1. The Hall–Kier alpha value is -0.350. The molecule has 0 spiro atoms. The molecule has 94 valence electrons. The number of piperidine rings is 1. The van der Waals surface area contributed by atoms with Gasteiger partial charge >= 0.3 is 0 Å². The van der Waals surface area contributed by atoms with Crippen LogP contribution in [0.25, 0.3) is 0 Å². The van der Waals surface area contributed by atoms with Crippen molar-refractivity contribution in [1.82, 2.24) is 9.88 Å². The highest BCUT2D eigenvalue weighted by Gasteiger charge is 2.20. The number of hydrogen-bond donors (Lipinski definition) is 0. The van der Waals surface area contributed by atoms with Gasteiger partial charge in [0.2, 0.25) is 0 Å². The number of pyridine rings is 1. The quantitative estimate of drug-likeness (QED) is 0.793. The zero-order valence-corrected chi connectivity index (χ0v) is 11.3. The molecule has 0 bridgehead atoms. The van der Waals surface area contributed by atoms with E-state index >= 15 is 0 Å². The molecule has 0 saturated carbocycles. The molecule has 0 N–H and O–H groups in total. The zero-order chi connectivity index (χ0) is 12.3. The Labute approximate surface area is 112 Å². The van der Waals surface area contributed by atoms with Crippen LogP contribution in [0.2, 0.25) is 10.2 Å². The van der Waals surface area contributed by atoms with Gasteiger partial charge in [-0.2, -0.15) is 0 Å². The molecular formula is C12H16Cl2N2O. The smallest absolute Gasteiger partial charge is 0.129 e. The molecule has 0 aliphatic carbocycles. The second-order valence-electron chi connectivity index (χ2n) is 4.30. The predicted molar refractivity (Wildman–Crippen MR) is 69.6 cm³/mol. The van der Waals surface area contributed by atoms with E-state index in [1.165, 1.54) is 0 Å². The lowest BCUT2D eigenvalue weighted by Crippen LogP contribution is -2.38. The number of halogens is 2. The van der Waals surface area contributed by atoms with Gasteiger partial charge in [-0.3, -0.25) is 4.90 Å². The van der Waals surface area contributed by atoms with Crippen LogP contribution in [-0.2, 0) is 11.3 Å². The highest BCUT2D eigenvalue weighted by molar-refractivity contribution is 6.32. The van der Waals surface area contributed by atoms with E-state index in [2.05, 4.69) is 9.88 Å². The monoisotopic (exact) mass is 274 g/mol. The van der Waals surface area contributed by atoms with Crippen molar-refractivity contribution in [3.63, 3.8) is 0 Å². The van der Waals surface area contributed by atoms with Crippen LogP contribution >= 0.6 is 23.2 Å². The van der Waals surface area contributed by atoms with E-state index in [0.717, 1.165) is 38.2 Å². The Kier molecular flexibility index (Phi) is 4.62. The molecule has 1 aliphatic heterocycles. The van der Waals surface area contributed by atoms with Crippen molar-refractivity contribution in [2.45, 2.75) is 25.5 Å². The zero-order valence-electron chi connectivity index (χ0n) is 9.83. The summed E-state index contributed by atoms with van der Waals surface area (Å²) in [6, 6.07) is 3.51. The number of ether oxygens (including phenoxy) is 1. The van der Waals surface area contributed by atoms with Gasteiger partial charge in [0.15, 0.2) is 0 Å². The molecule has 0 aromatic carbocycles. The van der Waals surface area contributed by atoms with Crippen LogP contribution < -0.4 is 0 Å². The second kappa shape index (κ2) is 6.01. The molecule has 1 aliphatic rings. The largest absolute Gasteiger partial charge is 0.380 e. The molecule has 17 heavy (non-hydrogen) atoms. The fourth-order valence-electron chi connectivity index (χ4n) is 2.13. The van der Waals surface area contributed by atoms with Crippen molar-refractivity contribution in [2.75, 3.05) is 20.2 Å². The van der Waals surface area contributed by atoms with Crippen molar-refractivity contribution in [3.05, 3.63) is 28.0 Å². The number of aromatic nitrogens is 1. The van der Waals surface area contributed by atoms with E-state index in [0.29, 0.717) is 16.3 Å². The lowest BCUT2D eigenvalue weighted by atomic mass is 10.1. The maximum atomic E-state index is 6.11. The van der Waals surface area contributed by atoms with Crippen LogP contribution in [-0.4, -0.2) is 36.2 Å². The number of nitrogens with zero attached hydrogens (tertiary/aromatic N) is 2. The van der Waals surface area contributed by atoms with Gasteiger partial charge in [-0.1, -0.05) is 23.2 Å². The van der Waals surface area contributed by atoms with E-state index in [4.69, 9.17) is 27.9 Å². The minimum atomic E-state index is 0.321. The van der Waals surface area contributed by atoms with Crippen molar-refractivity contribution in [2.24, 2.45) is 0 Å². The highest BCUT2D eigenvalue weighted by atomic mass is 35.5. The fourth-order valence-corrected chi connectivity index (χ4v) is 2.46. The van der Waals surface area contributed by atoms with E-state index in [-0.39, 0.29) is 0 Å². The third kappa shape index (κ3) is 3.55. The predicted octanol–water partition coefficient (Wildman–Crippen LogP) is 3.00. The van der Waals surface area contributed by atoms with Crippen LogP contribution in [0.4, 0.5) is 0 Å². The van der Waals surface area contributed by atoms with Crippen LogP contribution in [0.15, 0.2) is 12.1 Å².